The minimum Gasteiger partial charge on any atom is -0.484 e. The van der Waals surface area contributed by atoms with Gasteiger partial charge in [0.05, 0.1) is 0 Å². The monoisotopic (exact) mass is 345 g/mol. The molecule has 25 heavy (non-hydrogen) atoms. The average Bonchev–Trinajstić information content (AvgIpc) is 2.93. The molecule has 2 bridgehead atoms. The Morgan fingerprint density at radius 1 is 1.12 bits per heavy atom. The van der Waals surface area contributed by atoms with Gasteiger partial charge in [-0.1, -0.05) is 0 Å². The molecule has 136 valence electrons. The van der Waals surface area contributed by atoms with Crippen LogP contribution in [0.1, 0.15) is 39.0 Å². The van der Waals surface area contributed by atoms with Crippen molar-refractivity contribution in [3.63, 3.8) is 0 Å². The molecule has 6 heteroatoms. The molecule has 2 amide bonds. The number of ether oxygens (including phenoxy) is 1. The van der Waals surface area contributed by atoms with Crippen molar-refractivity contribution in [1.29, 1.82) is 0 Å². The summed E-state index contributed by atoms with van der Waals surface area (Å²) in [6.45, 7) is 2.45. The SMILES string of the molecule is CCNC(=O)COc1ccc(NC(=O)CC2CC3CCC(C2)N3)cc1. The number of likely N-dealkylation sites (N-methyl/N-ethyl adjacent to an activating group) is 1. The Labute approximate surface area is 148 Å². The molecule has 0 aliphatic carbocycles. The highest BCUT2D eigenvalue weighted by atomic mass is 16.5. The second kappa shape index (κ2) is 8.34. The van der Waals surface area contributed by atoms with Crippen LogP contribution in [-0.4, -0.2) is 37.0 Å². The predicted molar refractivity (Wildman–Crippen MR) is 96.5 cm³/mol. The van der Waals surface area contributed by atoms with Gasteiger partial charge in [-0.2, -0.15) is 0 Å². The Balaban J connectivity index is 1.43. The molecule has 0 saturated carbocycles. The van der Waals surface area contributed by atoms with Gasteiger partial charge in [0.25, 0.3) is 5.91 Å². The lowest BCUT2D eigenvalue weighted by atomic mass is 9.89. The number of nitrogens with one attached hydrogen (secondary N) is 3. The molecule has 6 nitrogen and oxygen atoms in total. The number of hydrogen-bond acceptors (Lipinski definition) is 4. The molecule has 0 aromatic heterocycles. The van der Waals surface area contributed by atoms with Crippen LogP contribution in [-0.2, 0) is 9.59 Å². The van der Waals surface area contributed by atoms with E-state index in [1.807, 2.05) is 6.92 Å². The molecule has 2 atom stereocenters. The van der Waals surface area contributed by atoms with E-state index in [0.717, 1.165) is 18.5 Å². The molecule has 2 heterocycles. The fraction of sp³-hybridized carbons (Fsp3) is 0.579. The fourth-order valence-corrected chi connectivity index (χ4v) is 3.85. The maximum absolute atomic E-state index is 12.3. The van der Waals surface area contributed by atoms with E-state index in [0.29, 0.717) is 36.7 Å². The van der Waals surface area contributed by atoms with Gasteiger partial charge >= 0.3 is 0 Å². The van der Waals surface area contributed by atoms with Crippen molar-refractivity contribution < 1.29 is 14.3 Å². The lowest BCUT2D eigenvalue weighted by Crippen LogP contribution is -2.39. The molecule has 2 saturated heterocycles. The van der Waals surface area contributed by atoms with Crippen molar-refractivity contribution in [2.24, 2.45) is 5.92 Å². The second-order valence-electron chi connectivity index (χ2n) is 6.99. The predicted octanol–water partition coefficient (Wildman–Crippen LogP) is 2.06. The molecule has 3 N–H and O–H groups in total. The van der Waals surface area contributed by atoms with Gasteiger partial charge in [-0.05, 0) is 62.8 Å². The first-order valence-electron chi connectivity index (χ1n) is 9.18. The van der Waals surface area contributed by atoms with Crippen LogP contribution >= 0.6 is 0 Å². The fourth-order valence-electron chi connectivity index (χ4n) is 3.85. The van der Waals surface area contributed by atoms with Crippen LogP contribution in [0, 0.1) is 5.92 Å². The minimum absolute atomic E-state index is 0.00239. The summed E-state index contributed by atoms with van der Waals surface area (Å²) in [5.74, 6) is 1.02. The first-order valence-corrected chi connectivity index (χ1v) is 9.18. The molecule has 2 aliphatic rings. The van der Waals surface area contributed by atoms with Gasteiger partial charge in [-0.15, -0.1) is 0 Å². The number of benzene rings is 1. The molecule has 0 radical (unpaired) electrons. The number of anilines is 1. The summed E-state index contributed by atoms with van der Waals surface area (Å²) >= 11 is 0. The largest absolute Gasteiger partial charge is 0.484 e. The van der Waals surface area contributed by atoms with Crippen molar-refractivity contribution in [2.75, 3.05) is 18.5 Å². The van der Waals surface area contributed by atoms with Crippen LogP contribution < -0.4 is 20.7 Å². The van der Waals surface area contributed by atoms with Gasteiger partial charge < -0.3 is 20.7 Å². The molecule has 3 rings (SSSR count). The number of hydrogen-bond donors (Lipinski definition) is 3. The lowest BCUT2D eigenvalue weighted by Gasteiger charge is -2.28. The van der Waals surface area contributed by atoms with E-state index >= 15 is 0 Å². The van der Waals surface area contributed by atoms with Gasteiger partial charge in [0, 0.05) is 30.7 Å². The molecule has 1 aromatic rings. The van der Waals surface area contributed by atoms with E-state index in [4.69, 9.17) is 4.74 Å². The number of fused-ring (bicyclic) bond motifs is 2. The molecule has 1 aromatic carbocycles. The Bertz CT molecular complexity index is 590. The van der Waals surface area contributed by atoms with Crippen LogP contribution in [0.5, 0.6) is 5.75 Å². The summed E-state index contributed by atoms with van der Waals surface area (Å²) in [5.41, 5.74) is 0.757. The van der Waals surface area contributed by atoms with E-state index in [2.05, 4.69) is 16.0 Å². The van der Waals surface area contributed by atoms with Crippen molar-refractivity contribution >= 4 is 17.5 Å². The molecule has 0 spiro atoms. The topological polar surface area (TPSA) is 79.5 Å². The molecule has 2 aliphatic heterocycles. The van der Waals surface area contributed by atoms with Crippen LogP contribution in [0.3, 0.4) is 0 Å². The summed E-state index contributed by atoms with van der Waals surface area (Å²) in [6.07, 6.45) is 5.30. The van der Waals surface area contributed by atoms with Crippen LogP contribution in [0.2, 0.25) is 0 Å². The van der Waals surface area contributed by atoms with Gasteiger partial charge in [0.1, 0.15) is 5.75 Å². The zero-order valence-corrected chi connectivity index (χ0v) is 14.7. The van der Waals surface area contributed by atoms with Crippen molar-refractivity contribution in [3.8, 4) is 5.75 Å². The lowest BCUT2D eigenvalue weighted by molar-refractivity contribution is -0.123. The van der Waals surface area contributed by atoms with Crippen molar-refractivity contribution in [1.82, 2.24) is 10.6 Å². The van der Waals surface area contributed by atoms with Crippen molar-refractivity contribution in [2.45, 2.75) is 51.1 Å². The maximum Gasteiger partial charge on any atom is 0.257 e. The van der Waals surface area contributed by atoms with Gasteiger partial charge in [-0.3, -0.25) is 9.59 Å². The summed E-state index contributed by atoms with van der Waals surface area (Å²) in [6, 6.07) is 8.35. The van der Waals surface area contributed by atoms with Gasteiger partial charge in [-0.25, -0.2) is 0 Å². The summed E-state index contributed by atoms with van der Waals surface area (Å²) in [7, 11) is 0. The van der Waals surface area contributed by atoms with E-state index in [9.17, 15) is 9.59 Å². The summed E-state index contributed by atoms with van der Waals surface area (Å²) in [5, 5.41) is 9.24. The number of carbonyl (C=O) groups excluding carboxylic acids is 2. The minimum atomic E-state index is -0.143. The second-order valence-corrected chi connectivity index (χ2v) is 6.99. The van der Waals surface area contributed by atoms with E-state index in [1.165, 1.54) is 12.8 Å². The standard InChI is InChI=1S/C19H27N3O3/c1-2-20-19(24)12-25-17-7-5-14(6-8-17)22-18(23)11-13-9-15-3-4-16(10-13)21-15/h5-8,13,15-16,21H,2-4,9-12H2,1H3,(H,20,24)(H,22,23). The number of piperidine rings is 1. The molecule has 2 unspecified atom stereocenters. The van der Waals surface area contributed by atoms with Crippen LogP contribution in [0.25, 0.3) is 0 Å². The Morgan fingerprint density at radius 3 is 2.44 bits per heavy atom. The summed E-state index contributed by atoms with van der Waals surface area (Å²) in [4.78, 5) is 23.6. The third kappa shape index (κ3) is 5.19. The Hall–Kier alpha value is -2.08. The smallest absolute Gasteiger partial charge is 0.257 e. The van der Waals surface area contributed by atoms with Crippen LogP contribution in [0.15, 0.2) is 24.3 Å². The number of rotatable bonds is 7. The Morgan fingerprint density at radius 2 is 1.80 bits per heavy atom. The first kappa shape index (κ1) is 17.7. The zero-order chi connectivity index (χ0) is 17.6. The van der Waals surface area contributed by atoms with Crippen molar-refractivity contribution in [3.05, 3.63) is 24.3 Å². The summed E-state index contributed by atoms with van der Waals surface area (Å²) < 4.78 is 5.40. The van der Waals surface area contributed by atoms with E-state index in [-0.39, 0.29) is 18.4 Å². The molecule has 2 fully saturated rings. The van der Waals surface area contributed by atoms with E-state index in [1.54, 1.807) is 24.3 Å². The van der Waals surface area contributed by atoms with Gasteiger partial charge in [0.2, 0.25) is 5.91 Å². The van der Waals surface area contributed by atoms with Gasteiger partial charge in [0.15, 0.2) is 6.61 Å². The molecular weight excluding hydrogens is 318 g/mol. The number of carbonyl (C=O) groups is 2. The third-order valence-electron chi connectivity index (χ3n) is 4.93. The number of amides is 2. The highest BCUT2D eigenvalue weighted by Gasteiger charge is 2.34. The Kier molecular flexibility index (Phi) is 5.91. The highest BCUT2D eigenvalue weighted by molar-refractivity contribution is 5.90. The van der Waals surface area contributed by atoms with E-state index < -0.39 is 0 Å². The first-order chi connectivity index (χ1) is 12.1. The van der Waals surface area contributed by atoms with Crippen LogP contribution in [0.4, 0.5) is 5.69 Å². The zero-order valence-electron chi connectivity index (χ0n) is 14.7. The maximum atomic E-state index is 12.3. The third-order valence-corrected chi connectivity index (χ3v) is 4.93. The normalized spacial score (nSPS) is 24.6. The average molecular weight is 345 g/mol. The molecular formula is C19H27N3O3. The quantitative estimate of drug-likeness (QED) is 0.707. The highest BCUT2D eigenvalue weighted by Crippen LogP contribution is 2.32.